The SMILES string of the molecule is C=C(/C=c1/ccc(N(c2ccccc2)c2ccc3ccccc3c2)c/c1=C/C)/C=C/c1ccc2cc(-c3ccc(N(CC)CC)c(=O)o3)ccc2c1. The summed E-state index contributed by atoms with van der Waals surface area (Å²) in [6, 6.07) is 48.4. The highest BCUT2D eigenvalue weighted by atomic mass is 16.4. The smallest absolute Gasteiger partial charge is 0.360 e. The van der Waals surface area contributed by atoms with Crippen LogP contribution in [-0.2, 0) is 0 Å². The lowest BCUT2D eigenvalue weighted by molar-refractivity contribution is 0.523. The van der Waals surface area contributed by atoms with Crippen molar-refractivity contribution in [3.8, 4) is 11.3 Å². The van der Waals surface area contributed by atoms with Gasteiger partial charge in [-0.15, -0.1) is 0 Å². The number of anilines is 4. The second kappa shape index (κ2) is 15.2. The van der Waals surface area contributed by atoms with Crippen LogP contribution in [0, 0.1) is 0 Å². The van der Waals surface area contributed by atoms with Crippen molar-refractivity contribution in [2.45, 2.75) is 20.8 Å². The van der Waals surface area contributed by atoms with E-state index in [0.717, 1.165) is 68.1 Å². The molecule has 0 aliphatic heterocycles. The highest BCUT2D eigenvalue weighted by molar-refractivity contribution is 5.90. The number of benzene rings is 6. The molecule has 0 fully saturated rings. The maximum absolute atomic E-state index is 12.7. The van der Waals surface area contributed by atoms with Crippen LogP contribution in [0.5, 0.6) is 0 Å². The van der Waals surface area contributed by atoms with Gasteiger partial charge in [-0.05, 0) is 131 Å². The van der Waals surface area contributed by atoms with Crippen LogP contribution in [-0.4, -0.2) is 13.1 Å². The third kappa shape index (κ3) is 7.24. The molecule has 0 amide bonds. The van der Waals surface area contributed by atoms with Crippen molar-refractivity contribution in [2.75, 3.05) is 22.9 Å². The first kappa shape index (κ1) is 34.1. The Kier molecular flexibility index (Phi) is 9.99. The summed E-state index contributed by atoms with van der Waals surface area (Å²) in [6.07, 6.45) is 8.43. The van der Waals surface area contributed by atoms with Crippen molar-refractivity contribution in [3.63, 3.8) is 0 Å². The standard InChI is InChI=1S/C48H42N2O2/c1-5-36-32-44(50(43-15-9-8-10-16-43)45-25-23-37-13-11-12-14-38(37)33-45)26-24-39(36)29-34(4)17-18-35-19-20-41-31-42(22-21-40(41)30-35)47-28-27-46(48(51)52-47)49(6-2)7-3/h5,8-33H,4,6-7H2,1-3H3/b18-17+,36-5-,39-29-. The number of hydrogen-bond acceptors (Lipinski definition) is 4. The molecule has 7 rings (SSSR count). The first-order valence-electron chi connectivity index (χ1n) is 17.9. The van der Waals surface area contributed by atoms with Crippen LogP contribution >= 0.6 is 0 Å². The summed E-state index contributed by atoms with van der Waals surface area (Å²) in [5.74, 6) is 0.566. The molecule has 4 heteroatoms. The number of allylic oxidation sites excluding steroid dienone is 2. The van der Waals surface area contributed by atoms with Crippen molar-refractivity contribution in [1.29, 1.82) is 0 Å². The Hall–Kier alpha value is -6.39. The fraction of sp³-hybridized carbons (Fsp3) is 0.104. The van der Waals surface area contributed by atoms with Gasteiger partial charge in [-0.3, -0.25) is 0 Å². The van der Waals surface area contributed by atoms with Crippen molar-refractivity contribution in [2.24, 2.45) is 0 Å². The molecule has 6 aromatic carbocycles. The minimum Gasteiger partial charge on any atom is -0.421 e. The van der Waals surface area contributed by atoms with Gasteiger partial charge in [0.25, 0.3) is 0 Å². The van der Waals surface area contributed by atoms with Gasteiger partial charge in [0.2, 0.25) is 0 Å². The van der Waals surface area contributed by atoms with Gasteiger partial charge in [0.1, 0.15) is 11.4 Å². The maximum atomic E-state index is 12.7. The van der Waals surface area contributed by atoms with Crippen LogP contribution < -0.4 is 25.9 Å². The van der Waals surface area contributed by atoms with E-state index in [0.29, 0.717) is 11.4 Å². The minimum atomic E-state index is -0.311. The van der Waals surface area contributed by atoms with Gasteiger partial charge >= 0.3 is 5.63 Å². The van der Waals surface area contributed by atoms with Gasteiger partial charge in [0, 0.05) is 35.7 Å². The van der Waals surface area contributed by atoms with Crippen LogP contribution in [0.2, 0.25) is 0 Å². The zero-order valence-corrected chi connectivity index (χ0v) is 29.9. The van der Waals surface area contributed by atoms with Gasteiger partial charge in [0.15, 0.2) is 0 Å². The molecule has 52 heavy (non-hydrogen) atoms. The lowest BCUT2D eigenvalue weighted by Crippen LogP contribution is -2.27. The van der Waals surface area contributed by atoms with E-state index in [1.54, 1.807) is 0 Å². The monoisotopic (exact) mass is 678 g/mol. The summed E-state index contributed by atoms with van der Waals surface area (Å²) in [7, 11) is 0. The number of rotatable bonds is 10. The number of para-hydroxylation sites is 1. The quantitative estimate of drug-likeness (QED) is 0.135. The van der Waals surface area contributed by atoms with E-state index in [2.05, 4.69) is 158 Å². The third-order valence-corrected chi connectivity index (χ3v) is 9.53. The molecule has 1 aromatic heterocycles. The lowest BCUT2D eigenvalue weighted by atomic mass is 10.0. The van der Waals surface area contributed by atoms with Crippen LogP contribution in [0.25, 0.3) is 51.1 Å². The summed E-state index contributed by atoms with van der Waals surface area (Å²) in [4.78, 5) is 17.0. The summed E-state index contributed by atoms with van der Waals surface area (Å²) >= 11 is 0. The maximum Gasteiger partial charge on any atom is 0.360 e. The lowest BCUT2D eigenvalue weighted by Gasteiger charge is -2.26. The third-order valence-electron chi connectivity index (χ3n) is 9.53. The minimum absolute atomic E-state index is 0.311. The van der Waals surface area contributed by atoms with Crippen molar-refractivity contribution in [3.05, 3.63) is 184 Å². The molecule has 0 saturated heterocycles. The van der Waals surface area contributed by atoms with Gasteiger partial charge in [-0.1, -0.05) is 104 Å². The fourth-order valence-corrected chi connectivity index (χ4v) is 6.76. The van der Waals surface area contributed by atoms with Crippen LogP contribution in [0.15, 0.2) is 167 Å². The zero-order chi connectivity index (χ0) is 36.0. The second-order valence-corrected chi connectivity index (χ2v) is 12.8. The number of fused-ring (bicyclic) bond motifs is 2. The summed E-state index contributed by atoms with van der Waals surface area (Å²) in [5.41, 5.74) is 6.45. The summed E-state index contributed by atoms with van der Waals surface area (Å²) < 4.78 is 5.73. The highest BCUT2D eigenvalue weighted by Gasteiger charge is 2.14. The number of nitrogens with zero attached hydrogens (tertiary/aromatic N) is 2. The van der Waals surface area contributed by atoms with E-state index in [9.17, 15) is 4.79 Å². The van der Waals surface area contributed by atoms with Crippen LogP contribution in [0.1, 0.15) is 26.3 Å². The van der Waals surface area contributed by atoms with E-state index in [1.165, 1.54) is 10.8 Å². The highest BCUT2D eigenvalue weighted by Crippen LogP contribution is 2.35. The van der Waals surface area contributed by atoms with E-state index in [4.69, 9.17) is 4.42 Å². The molecule has 256 valence electrons. The Morgan fingerprint density at radius 3 is 2.10 bits per heavy atom. The molecule has 1 heterocycles. The average Bonchev–Trinajstić information content (AvgIpc) is 3.18. The van der Waals surface area contributed by atoms with E-state index >= 15 is 0 Å². The predicted molar refractivity (Wildman–Crippen MR) is 222 cm³/mol. The molecular formula is C48H42N2O2. The van der Waals surface area contributed by atoms with E-state index in [-0.39, 0.29) is 5.63 Å². The molecule has 7 aromatic rings. The molecule has 4 nitrogen and oxygen atoms in total. The van der Waals surface area contributed by atoms with Gasteiger partial charge in [-0.25, -0.2) is 4.79 Å². The Labute approximate surface area is 305 Å². The zero-order valence-electron chi connectivity index (χ0n) is 29.9. The Balaban J connectivity index is 1.13. The molecule has 0 saturated carbocycles. The van der Waals surface area contributed by atoms with Crippen LogP contribution in [0.4, 0.5) is 22.7 Å². The molecule has 0 spiro atoms. The molecule has 0 unspecified atom stereocenters. The van der Waals surface area contributed by atoms with E-state index in [1.807, 2.05) is 43.0 Å². The van der Waals surface area contributed by atoms with Crippen LogP contribution in [0.3, 0.4) is 0 Å². The number of hydrogen-bond donors (Lipinski definition) is 0. The molecular weight excluding hydrogens is 637 g/mol. The van der Waals surface area contributed by atoms with Gasteiger partial charge in [-0.2, -0.15) is 0 Å². The van der Waals surface area contributed by atoms with Gasteiger partial charge < -0.3 is 14.2 Å². The summed E-state index contributed by atoms with van der Waals surface area (Å²) in [6.45, 7) is 12.0. The Morgan fingerprint density at radius 2 is 1.33 bits per heavy atom. The topological polar surface area (TPSA) is 36.7 Å². The van der Waals surface area contributed by atoms with Crippen molar-refractivity contribution in [1.82, 2.24) is 0 Å². The predicted octanol–water partition coefficient (Wildman–Crippen LogP) is 10.8. The van der Waals surface area contributed by atoms with Crippen molar-refractivity contribution >= 4 is 62.5 Å². The molecule has 0 radical (unpaired) electrons. The first-order valence-corrected chi connectivity index (χ1v) is 17.9. The molecule has 0 aliphatic carbocycles. The summed E-state index contributed by atoms with van der Waals surface area (Å²) in [5, 5.41) is 6.85. The second-order valence-electron chi connectivity index (χ2n) is 12.8. The first-order chi connectivity index (χ1) is 25.4. The van der Waals surface area contributed by atoms with Gasteiger partial charge in [0.05, 0.1) is 0 Å². The van der Waals surface area contributed by atoms with Crippen molar-refractivity contribution < 1.29 is 4.42 Å². The fourth-order valence-electron chi connectivity index (χ4n) is 6.76. The molecule has 0 aliphatic rings. The molecule has 0 N–H and O–H groups in total. The molecule has 0 atom stereocenters. The average molecular weight is 679 g/mol. The Bertz CT molecular complexity index is 2610. The van der Waals surface area contributed by atoms with E-state index < -0.39 is 0 Å². The molecule has 0 bridgehead atoms. The normalized spacial score (nSPS) is 12.2. The largest absolute Gasteiger partial charge is 0.421 e. The Morgan fingerprint density at radius 1 is 0.654 bits per heavy atom.